The Morgan fingerprint density at radius 1 is 1.33 bits per heavy atom. The highest BCUT2D eigenvalue weighted by Gasteiger charge is 2.31. The molecule has 2 aliphatic rings. The lowest BCUT2D eigenvalue weighted by Crippen LogP contribution is -2.47. The Hall–Kier alpha value is -1.89. The Kier molecular flexibility index (Phi) is 5.50. The van der Waals surface area contributed by atoms with Crippen molar-refractivity contribution in [3.63, 3.8) is 0 Å². The standard InChI is InChI=1S/C17H26N4O3/c1-24-12-13-4-7-20(8-5-13)17(23)14-3-2-6-21(11-14)15-9-16(22)19-18-10-15/h9-10,13-14H,2-8,11-12H2,1H3,(H,19,22). The van der Waals surface area contributed by atoms with Crippen molar-refractivity contribution >= 4 is 11.6 Å². The predicted octanol–water partition coefficient (Wildman–Crippen LogP) is 0.871. The number of nitrogens with one attached hydrogen (secondary N) is 1. The van der Waals surface area contributed by atoms with Crippen LogP contribution in [0.4, 0.5) is 5.69 Å². The molecule has 1 aromatic rings. The Balaban J connectivity index is 1.58. The van der Waals surface area contributed by atoms with Crippen LogP contribution in [0.15, 0.2) is 17.1 Å². The SMILES string of the molecule is COCC1CCN(C(=O)C2CCCN(c3cn[nH]c(=O)c3)C2)CC1. The molecule has 0 aromatic carbocycles. The molecule has 7 nitrogen and oxygen atoms in total. The van der Waals surface area contributed by atoms with E-state index >= 15 is 0 Å². The molecule has 2 saturated heterocycles. The maximum atomic E-state index is 12.8. The summed E-state index contributed by atoms with van der Waals surface area (Å²) in [7, 11) is 1.73. The smallest absolute Gasteiger partial charge is 0.266 e. The van der Waals surface area contributed by atoms with Crippen LogP contribution in [0.5, 0.6) is 0 Å². The van der Waals surface area contributed by atoms with Crippen molar-refractivity contribution in [2.24, 2.45) is 11.8 Å². The van der Waals surface area contributed by atoms with Crippen molar-refractivity contribution in [3.05, 3.63) is 22.6 Å². The number of rotatable bonds is 4. The highest BCUT2D eigenvalue weighted by Crippen LogP contribution is 2.25. The lowest BCUT2D eigenvalue weighted by molar-refractivity contribution is -0.137. The second-order valence-electron chi connectivity index (χ2n) is 6.81. The van der Waals surface area contributed by atoms with Crippen LogP contribution in [0.2, 0.25) is 0 Å². The van der Waals surface area contributed by atoms with E-state index in [1.807, 2.05) is 4.90 Å². The minimum atomic E-state index is -0.207. The number of nitrogens with zero attached hydrogens (tertiary/aromatic N) is 3. The molecular weight excluding hydrogens is 308 g/mol. The monoisotopic (exact) mass is 334 g/mol. The molecule has 1 atom stereocenters. The van der Waals surface area contributed by atoms with Crippen LogP contribution in [-0.2, 0) is 9.53 Å². The fourth-order valence-corrected chi connectivity index (χ4v) is 3.77. The number of amides is 1. The van der Waals surface area contributed by atoms with Gasteiger partial charge in [0.2, 0.25) is 5.91 Å². The molecule has 0 bridgehead atoms. The van der Waals surface area contributed by atoms with Gasteiger partial charge < -0.3 is 14.5 Å². The van der Waals surface area contributed by atoms with Crippen LogP contribution in [-0.4, -0.2) is 60.9 Å². The number of piperidine rings is 2. The number of H-pyrrole nitrogens is 1. The molecule has 3 rings (SSSR count). The summed E-state index contributed by atoms with van der Waals surface area (Å²) >= 11 is 0. The van der Waals surface area contributed by atoms with Gasteiger partial charge >= 0.3 is 0 Å². The van der Waals surface area contributed by atoms with Gasteiger partial charge in [0, 0.05) is 46.0 Å². The fraction of sp³-hybridized carbons (Fsp3) is 0.706. The molecule has 2 fully saturated rings. The van der Waals surface area contributed by atoms with E-state index in [4.69, 9.17) is 4.74 Å². The zero-order valence-electron chi connectivity index (χ0n) is 14.2. The average Bonchev–Trinajstić information content (AvgIpc) is 2.62. The van der Waals surface area contributed by atoms with Crippen LogP contribution in [0.25, 0.3) is 0 Å². The summed E-state index contributed by atoms with van der Waals surface area (Å²) in [5.74, 6) is 0.842. The Morgan fingerprint density at radius 3 is 2.83 bits per heavy atom. The van der Waals surface area contributed by atoms with Crippen LogP contribution in [0.1, 0.15) is 25.7 Å². The highest BCUT2D eigenvalue weighted by molar-refractivity contribution is 5.80. The third-order valence-corrected chi connectivity index (χ3v) is 5.11. The van der Waals surface area contributed by atoms with Crippen molar-refractivity contribution in [3.8, 4) is 0 Å². The van der Waals surface area contributed by atoms with Gasteiger partial charge in [-0.05, 0) is 31.6 Å². The van der Waals surface area contributed by atoms with Crippen molar-refractivity contribution < 1.29 is 9.53 Å². The maximum absolute atomic E-state index is 12.8. The molecule has 1 N–H and O–H groups in total. The fourth-order valence-electron chi connectivity index (χ4n) is 3.77. The summed E-state index contributed by atoms with van der Waals surface area (Å²) < 4.78 is 5.22. The summed E-state index contributed by atoms with van der Waals surface area (Å²) in [6.07, 6.45) is 5.58. The first-order valence-corrected chi connectivity index (χ1v) is 8.75. The van der Waals surface area contributed by atoms with Gasteiger partial charge in [0.05, 0.1) is 17.8 Å². The summed E-state index contributed by atoms with van der Waals surface area (Å²) in [5.41, 5.74) is 0.594. The lowest BCUT2D eigenvalue weighted by Gasteiger charge is -2.38. The van der Waals surface area contributed by atoms with Crippen molar-refractivity contribution in [2.45, 2.75) is 25.7 Å². The van der Waals surface area contributed by atoms with E-state index in [0.717, 1.165) is 57.6 Å². The molecule has 0 saturated carbocycles. The van der Waals surface area contributed by atoms with Gasteiger partial charge in [-0.1, -0.05) is 0 Å². The number of carbonyl (C=O) groups excluding carboxylic acids is 1. The van der Waals surface area contributed by atoms with Crippen molar-refractivity contribution in [1.82, 2.24) is 15.1 Å². The molecule has 24 heavy (non-hydrogen) atoms. The zero-order valence-corrected chi connectivity index (χ0v) is 14.2. The third kappa shape index (κ3) is 3.95. The third-order valence-electron chi connectivity index (χ3n) is 5.11. The second-order valence-corrected chi connectivity index (χ2v) is 6.81. The Bertz CT molecular complexity index is 610. The molecule has 1 amide bonds. The number of anilines is 1. The summed E-state index contributed by atoms with van der Waals surface area (Å²) in [6.45, 7) is 3.98. The van der Waals surface area contributed by atoms with Crippen molar-refractivity contribution in [1.29, 1.82) is 0 Å². The summed E-state index contributed by atoms with van der Waals surface area (Å²) in [6, 6.07) is 1.55. The highest BCUT2D eigenvalue weighted by atomic mass is 16.5. The Labute approximate surface area is 142 Å². The van der Waals surface area contributed by atoms with Gasteiger partial charge in [-0.2, -0.15) is 5.10 Å². The quantitative estimate of drug-likeness (QED) is 0.884. The molecule has 1 unspecified atom stereocenters. The number of hydrogen-bond donors (Lipinski definition) is 1. The average molecular weight is 334 g/mol. The topological polar surface area (TPSA) is 78.5 Å². The Morgan fingerprint density at radius 2 is 2.12 bits per heavy atom. The number of hydrogen-bond acceptors (Lipinski definition) is 5. The van der Waals surface area contributed by atoms with Crippen molar-refractivity contribution in [2.75, 3.05) is 44.8 Å². The molecule has 0 radical (unpaired) electrons. The van der Waals surface area contributed by atoms with Gasteiger partial charge in [0.15, 0.2) is 0 Å². The molecule has 0 spiro atoms. The molecule has 132 valence electrons. The van der Waals surface area contributed by atoms with Crippen LogP contribution >= 0.6 is 0 Å². The number of methoxy groups -OCH3 is 1. The molecule has 7 heteroatoms. The van der Waals surface area contributed by atoms with Gasteiger partial charge in [0.1, 0.15) is 0 Å². The number of carbonyl (C=O) groups is 1. The second kappa shape index (κ2) is 7.79. The van der Waals surface area contributed by atoms with Crippen LogP contribution < -0.4 is 10.5 Å². The molecule has 0 aliphatic carbocycles. The maximum Gasteiger partial charge on any atom is 0.266 e. The van der Waals surface area contributed by atoms with E-state index in [1.54, 1.807) is 19.4 Å². The zero-order chi connectivity index (χ0) is 16.9. The summed E-state index contributed by atoms with van der Waals surface area (Å²) in [4.78, 5) is 28.4. The number of likely N-dealkylation sites (tertiary alicyclic amines) is 1. The summed E-state index contributed by atoms with van der Waals surface area (Å²) in [5, 5.41) is 6.25. The number of aromatic nitrogens is 2. The van der Waals surface area contributed by atoms with E-state index in [2.05, 4.69) is 15.1 Å². The molecule has 1 aromatic heterocycles. The van der Waals surface area contributed by atoms with Crippen LogP contribution in [0, 0.1) is 11.8 Å². The molecule has 3 heterocycles. The van der Waals surface area contributed by atoms with Gasteiger partial charge in [-0.3, -0.25) is 9.59 Å². The van der Waals surface area contributed by atoms with E-state index in [1.165, 1.54) is 0 Å². The normalized spacial score (nSPS) is 22.6. The largest absolute Gasteiger partial charge is 0.384 e. The van der Waals surface area contributed by atoms with E-state index in [-0.39, 0.29) is 17.4 Å². The minimum Gasteiger partial charge on any atom is -0.384 e. The van der Waals surface area contributed by atoms with E-state index < -0.39 is 0 Å². The predicted molar refractivity (Wildman–Crippen MR) is 91.0 cm³/mol. The van der Waals surface area contributed by atoms with Gasteiger partial charge in [-0.15, -0.1) is 0 Å². The first-order chi connectivity index (χ1) is 11.7. The van der Waals surface area contributed by atoms with Gasteiger partial charge in [0.25, 0.3) is 5.56 Å². The van der Waals surface area contributed by atoms with Gasteiger partial charge in [-0.25, -0.2) is 5.10 Å². The van der Waals surface area contributed by atoms with E-state index in [9.17, 15) is 9.59 Å². The number of ether oxygens (including phenoxy) is 1. The number of aromatic amines is 1. The molecular formula is C17H26N4O3. The minimum absolute atomic E-state index is 0.0111. The first kappa shape index (κ1) is 17.0. The molecule has 2 aliphatic heterocycles. The van der Waals surface area contributed by atoms with Crippen LogP contribution in [0.3, 0.4) is 0 Å². The first-order valence-electron chi connectivity index (χ1n) is 8.75. The lowest BCUT2D eigenvalue weighted by atomic mass is 9.93. The van der Waals surface area contributed by atoms with E-state index in [0.29, 0.717) is 12.5 Å².